The van der Waals surface area contributed by atoms with Gasteiger partial charge in [-0.15, -0.1) is 0 Å². The highest BCUT2D eigenvalue weighted by Crippen LogP contribution is 2.34. The SMILES string of the molecule is C1=Cc2ccc3c(c2=C1)=CCO3.[N-]=[N+]=NCC[C@H]1C=CC2=C(CC=c3c2ccc2c3=CC=CC2)C1. The highest BCUT2D eigenvalue weighted by molar-refractivity contribution is 5.82. The molecule has 1 atom stereocenters. The van der Waals surface area contributed by atoms with Gasteiger partial charge in [-0.2, -0.15) is 0 Å². The second-order valence-corrected chi connectivity index (χ2v) is 9.41. The third kappa shape index (κ3) is 4.07. The molecular weight excluding hydrogens is 430 g/mol. The monoisotopic (exact) mass is 457 g/mol. The summed E-state index contributed by atoms with van der Waals surface area (Å²) in [6.07, 6.45) is 26.2. The van der Waals surface area contributed by atoms with Gasteiger partial charge in [-0.25, -0.2) is 0 Å². The molecule has 0 fully saturated rings. The van der Waals surface area contributed by atoms with E-state index in [0.29, 0.717) is 12.5 Å². The Balaban J connectivity index is 0.000000159. The molecule has 4 nitrogen and oxygen atoms in total. The van der Waals surface area contributed by atoms with E-state index in [0.717, 1.165) is 38.0 Å². The summed E-state index contributed by atoms with van der Waals surface area (Å²) in [5.41, 5.74) is 15.4. The molecule has 0 unspecified atom stereocenters. The van der Waals surface area contributed by atoms with Crippen LogP contribution in [0.5, 0.6) is 5.75 Å². The number of azide groups is 1. The van der Waals surface area contributed by atoms with Crippen molar-refractivity contribution in [3.05, 3.63) is 108 Å². The van der Waals surface area contributed by atoms with Crippen molar-refractivity contribution >= 4 is 36.0 Å². The van der Waals surface area contributed by atoms with Gasteiger partial charge < -0.3 is 4.74 Å². The molecule has 0 N–H and O–H groups in total. The quantitative estimate of drug-likeness (QED) is 0.381. The molecule has 4 aliphatic carbocycles. The number of nitrogens with zero attached hydrogens (tertiary/aromatic N) is 3. The van der Waals surface area contributed by atoms with E-state index in [1.54, 1.807) is 0 Å². The molecule has 0 saturated carbocycles. The summed E-state index contributed by atoms with van der Waals surface area (Å²) >= 11 is 0. The molecular formula is C31H27N3O. The van der Waals surface area contributed by atoms with Crippen LogP contribution >= 0.6 is 0 Å². The summed E-state index contributed by atoms with van der Waals surface area (Å²) in [6.45, 7) is 1.31. The Morgan fingerprint density at radius 1 is 0.943 bits per heavy atom. The van der Waals surface area contributed by atoms with Gasteiger partial charge in [-0.3, -0.25) is 0 Å². The Labute approximate surface area is 204 Å². The van der Waals surface area contributed by atoms with Crippen molar-refractivity contribution in [2.45, 2.75) is 25.7 Å². The Morgan fingerprint density at radius 2 is 1.89 bits per heavy atom. The van der Waals surface area contributed by atoms with Crippen molar-refractivity contribution in [2.24, 2.45) is 11.0 Å². The number of benzene rings is 2. The van der Waals surface area contributed by atoms with Gasteiger partial charge in [0.1, 0.15) is 12.4 Å². The second kappa shape index (κ2) is 9.32. The van der Waals surface area contributed by atoms with E-state index in [2.05, 4.69) is 89.0 Å². The maximum Gasteiger partial charge on any atom is 0.127 e. The summed E-state index contributed by atoms with van der Waals surface area (Å²) < 4.78 is 5.42. The van der Waals surface area contributed by atoms with E-state index in [1.165, 1.54) is 48.7 Å². The average Bonchev–Trinajstić information content (AvgIpc) is 3.58. The lowest BCUT2D eigenvalue weighted by molar-refractivity contribution is 0.385. The van der Waals surface area contributed by atoms with Crippen LogP contribution in [0.1, 0.15) is 36.0 Å². The van der Waals surface area contributed by atoms with E-state index in [4.69, 9.17) is 10.3 Å². The van der Waals surface area contributed by atoms with Crippen molar-refractivity contribution in [2.75, 3.05) is 13.2 Å². The average molecular weight is 458 g/mol. The third-order valence-corrected chi connectivity index (χ3v) is 7.39. The van der Waals surface area contributed by atoms with Crippen molar-refractivity contribution < 1.29 is 4.74 Å². The topological polar surface area (TPSA) is 58.0 Å². The van der Waals surface area contributed by atoms with Gasteiger partial charge in [0.05, 0.1) is 0 Å². The minimum atomic E-state index is 0.501. The van der Waals surface area contributed by atoms with Gasteiger partial charge in [-0.1, -0.05) is 83.6 Å². The van der Waals surface area contributed by atoms with E-state index in [1.807, 2.05) is 6.07 Å². The summed E-state index contributed by atoms with van der Waals surface area (Å²) in [5, 5.41) is 9.04. The van der Waals surface area contributed by atoms with Crippen LogP contribution < -0.4 is 25.6 Å². The zero-order valence-corrected chi connectivity index (χ0v) is 19.7. The minimum absolute atomic E-state index is 0.501. The zero-order chi connectivity index (χ0) is 23.6. The van der Waals surface area contributed by atoms with Crippen LogP contribution in [0, 0.1) is 5.92 Å². The van der Waals surface area contributed by atoms with Crippen molar-refractivity contribution in [3.63, 3.8) is 0 Å². The molecule has 0 bridgehead atoms. The summed E-state index contributed by atoms with van der Waals surface area (Å²) in [5.74, 6) is 1.52. The predicted molar refractivity (Wildman–Crippen MR) is 144 cm³/mol. The molecule has 2 aromatic carbocycles. The number of rotatable bonds is 3. The molecule has 0 aromatic heterocycles. The van der Waals surface area contributed by atoms with Gasteiger partial charge in [0.2, 0.25) is 0 Å². The number of ether oxygens (including phenoxy) is 1. The van der Waals surface area contributed by atoms with Crippen LogP contribution in [0.4, 0.5) is 0 Å². The molecule has 35 heavy (non-hydrogen) atoms. The van der Waals surface area contributed by atoms with E-state index >= 15 is 0 Å². The van der Waals surface area contributed by atoms with E-state index in [-0.39, 0.29) is 0 Å². The molecule has 1 heterocycles. The Kier molecular flexibility index (Phi) is 5.73. The molecule has 0 saturated heterocycles. The highest BCUT2D eigenvalue weighted by atomic mass is 16.5. The molecule has 172 valence electrons. The molecule has 1 aliphatic heterocycles. The van der Waals surface area contributed by atoms with Gasteiger partial charge in [-0.05, 0) is 87.2 Å². The van der Waals surface area contributed by atoms with Gasteiger partial charge in [0, 0.05) is 16.7 Å². The standard InChI is InChI=1S/C20H19N3.C11H8O/c21-23-22-12-11-14-5-8-18-16(13-14)7-10-19-17-4-2-1-3-15(17)6-9-20(18)19;1-2-8-4-5-11-10(6-7-12-11)9(8)3-1/h1-2,4-6,8-10,14H,3,7,11-13H2;1-6H,7H2/t14-;/m1./s1. The van der Waals surface area contributed by atoms with Crippen molar-refractivity contribution in [3.8, 4) is 5.75 Å². The lowest BCUT2D eigenvalue weighted by Gasteiger charge is -2.25. The maximum absolute atomic E-state index is 8.41. The van der Waals surface area contributed by atoms with Crippen LogP contribution in [-0.2, 0) is 6.42 Å². The van der Waals surface area contributed by atoms with Crippen molar-refractivity contribution in [1.29, 1.82) is 0 Å². The Morgan fingerprint density at radius 3 is 2.83 bits per heavy atom. The molecule has 0 radical (unpaired) electrons. The number of fused-ring (bicyclic) bond motifs is 7. The van der Waals surface area contributed by atoms with Crippen LogP contribution in [0.3, 0.4) is 0 Å². The summed E-state index contributed by atoms with van der Waals surface area (Å²) in [6, 6.07) is 8.71. The smallest absolute Gasteiger partial charge is 0.127 e. The minimum Gasteiger partial charge on any atom is -0.489 e. The van der Waals surface area contributed by atoms with Crippen LogP contribution in [0.25, 0.3) is 46.4 Å². The van der Waals surface area contributed by atoms with E-state index in [9.17, 15) is 0 Å². The normalized spacial score (nSPS) is 19.0. The van der Waals surface area contributed by atoms with Crippen LogP contribution in [0.15, 0.2) is 65.3 Å². The Hall–Kier alpha value is -4.01. The fourth-order valence-corrected chi connectivity index (χ4v) is 5.64. The number of hydrogen-bond acceptors (Lipinski definition) is 2. The van der Waals surface area contributed by atoms with Crippen molar-refractivity contribution in [1.82, 2.24) is 0 Å². The summed E-state index contributed by atoms with van der Waals surface area (Å²) in [7, 11) is 0. The molecule has 5 aliphatic rings. The molecule has 0 amide bonds. The number of allylic oxidation sites excluding steroid dienone is 7. The molecule has 0 spiro atoms. The first-order valence-corrected chi connectivity index (χ1v) is 12.4. The molecule has 4 heteroatoms. The fourth-order valence-electron chi connectivity index (χ4n) is 5.64. The highest BCUT2D eigenvalue weighted by Gasteiger charge is 2.20. The maximum atomic E-state index is 8.41. The Bertz CT molecular complexity index is 1630. The second-order valence-electron chi connectivity index (χ2n) is 9.41. The largest absolute Gasteiger partial charge is 0.489 e. The van der Waals surface area contributed by atoms with Crippen LogP contribution in [0.2, 0.25) is 0 Å². The molecule has 7 rings (SSSR count). The lowest BCUT2D eigenvalue weighted by Crippen LogP contribution is -2.34. The first-order chi connectivity index (χ1) is 17.3. The fraction of sp³-hybridized carbons (Fsp3) is 0.226. The molecule has 2 aromatic rings. The van der Waals surface area contributed by atoms with E-state index < -0.39 is 0 Å². The lowest BCUT2D eigenvalue weighted by atomic mass is 9.80. The first kappa shape index (κ1) is 21.5. The summed E-state index contributed by atoms with van der Waals surface area (Å²) in [4.78, 5) is 2.85. The third-order valence-electron chi connectivity index (χ3n) is 7.39. The van der Waals surface area contributed by atoms with Gasteiger partial charge in [0.15, 0.2) is 0 Å². The van der Waals surface area contributed by atoms with Gasteiger partial charge >= 0.3 is 0 Å². The zero-order valence-electron chi connectivity index (χ0n) is 19.7. The first-order valence-electron chi connectivity index (χ1n) is 12.4. The predicted octanol–water partition coefficient (Wildman–Crippen LogP) is 4.46. The van der Waals surface area contributed by atoms with Gasteiger partial charge in [0.25, 0.3) is 0 Å². The van der Waals surface area contributed by atoms with Crippen LogP contribution in [-0.4, -0.2) is 13.2 Å². The number of hydrogen-bond donors (Lipinski definition) is 0.